The van der Waals surface area contributed by atoms with Crippen molar-refractivity contribution in [3.63, 3.8) is 0 Å². The zero-order valence-electron chi connectivity index (χ0n) is 23.3. The van der Waals surface area contributed by atoms with E-state index in [1.54, 1.807) is 0 Å². The Balaban J connectivity index is 1.25. The molecular weight excluding hydrogens is 514 g/mol. The molecule has 0 spiro atoms. The van der Waals surface area contributed by atoms with Crippen LogP contribution in [0.25, 0.3) is 0 Å². The predicted octanol–water partition coefficient (Wildman–Crippen LogP) is 6.18. The number of carbonyl (C=O) groups is 1. The summed E-state index contributed by atoms with van der Waals surface area (Å²) in [6.07, 6.45) is -0.0397. The fourth-order valence-electron chi connectivity index (χ4n) is 5.02. The topological polar surface area (TPSA) is 83.1 Å². The molecule has 41 heavy (non-hydrogen) atoms. The maximum atomic E-state index is 12.4. The molecule has 1 aliphatic heterocycles. The Morgan fingerprint density at radius 3 is 2.10 bits per heavy atom. The van der Waals surface area contributed by atoms with E-state index < -0.39 is 6.29 Å². The largest absolute Gasteiger partial charge is 0.392 e. The smallest absolute Gasteiger partial charge is 0.319 e. The minimum Gasteiger partial charge on any atom is -0.392 e. The molecular formula is C34H37N3O4. The lowest BCUT2D eigenvalue weighted by atomic mass is 9.99. The van der Waals surface area contributed by atoms with Gasteiger partial charge in [-0.1, -0.05) is 97.1 Å². The highest BCUT2D eigenvalue weighted by molar-refractivity contribution is 5.89. The first-order chi connectivity index (χ1) is 20.1. The first-order valence-corrected chi connectivity index (χ1v) is 14.0. The Hall–Kier alpha value is -4.01. The van der Waals surface area contributed by atoms with Crippen LogP contribution in [0.5, 0.6) is 0 Å². The van der Waals surface area contributed by atoms with Crippen molar-refractivity contribution < 1.29 is 19.4 Å². The lowest BCUT2D eigenvalue weighted by Gasteiger charge is -2.38. The Bertz CT molecular complexity index is 1370. The molecule has 7 nitrogen and oxygen atoms in total. The Kier molecular flexibility index (Phi) is 9.78. The van der Waals surface area contributed by atoms with Gasteiger partial charge in [-0.15, -0.1) is 0 Å². The molecule has 3 N–H and O–H groups in total. The number of carbonyl (C=O) groups excluding carboxylic acids is 1. The number of amides is 2. The number of benzene rings is 4. The van der Waals surface area contributed by atoms with Crippen LogP contribution in [0.15, 0.2) is 109 Å². The van der Waals surface area contributed by atoms with Gasteiger partial charge in [0.05, 0.1) is 18.8 Å². The van der Waals surface area contributed by atoms with Crippen LogP contribution in [0.1, 0.15) is 46.6 Å². The van der Waals surface area contributed by atoms with E-state index in [1.165, 1.54) is 5.56 Å². The number of hydrogen-bond donors (Lipinski definition) is 3. The molecule has 4 aromatic rings. The third kappa shape index (κ3) is 8.25. The van der Waals surface area contributed by atoms with Crippen LogP contribution >= 0.6 is 0 Å². The monoisotopic (exact) mass is 551 g/mol. The summed E-state index contributed by atoms with van der Waals surface area (Å²) in [6.45, 7) is 2.04. The van der Waals surface area contributed by atoms with Gasteiger partial charge in [0.15, 0.2) is 6.29 Å². The molecule has 7 heteroatoms. The van der Waals surface area contributed by atoms with Crippen LogP contribution in [-0.2, 0) is 29.2 Å². The van der Waals surface area contributed by atoms with E-state index in [0.29, 0.717) is 12.2 Å². The van der Waals surface area contributed by atoms with Crippen molar-refractivity contribution in [3.05, 3.63) is 137 Å². The second-order valence-electron chi connectivity index (χ2n) is 10.4. The first-order valence-electron chi connectivity index (χ1n) is 14.0. The van der Waals surface area contributed by atoms with Gasteiger partial charge in [-0.2, -0.15) is 0 Å². The minimum absolute atomic E-state index is 0.00904. The standard InChI is InChI=1S/C34H37N3O4/c1-37(22-26-10-6-3-7-11-26)23-31-20-32(28-14-12-27(24-38)13-15-28)41-33(40-31)29-16-18-30(19-17-29)36-34(39)35-21-25-8-4-2-5-9-25/h2-19,31-33,38H,20-24H2,1H3,(H2,35,36,39)/t31-,32+,33+/m1/s1. The van der Waals surface area contributed by atoms with E-state index in [9.17, 15) is 9.90 Å². The summed E-state index contributed by atoms with van der Waals surface area (Å²) in [5.41, 5.74) is 5.78. The van der Waals surface area contributed by atoms with E-state index in [4.69, 9.17) is 9.47 Å². The number of hydrogen-bond acceptors (Lipinski definition) is 5. The molecule has 0 aromatic heterocycles. The van der Waals surface area contributed by atoms with Gasteiger partial charge >= 0.3 is 6.03 Å². The van der Waals surface area contributed by atoms with Crippen LogP contribution in [0, 0.1) is 0 Å². The summed E-state index contributed by atoms with van der Waals surface area (Å²) < 4.78 is 13.0. The number of nitrogens with one attached hydrogen (secondary N) is 2. The number of aliphatic hydroxyl groups excluding tert-OH is 1. The quantitative estimate of drug-likeness (QED) is 0.219. The van der Waals surface area contributed by atoms with Crippen molar-refractivity contribution >= 4 is 11.7 Å². The normalized spacial score (nSPS) is 18.7. The van der Waals surface area contributed by atoms with E-state index >= 15 is 0 Å². The van der Waals surface area contributed by atoms with Gasteiger partial charge in [-0.3, -0.25) is 4.90 Å². The Labute approximate surface area is 241 Å². The van der Waals surface area contributed by atoms with Crippen LogP contribution in [0.3, 0.4) is 0 Å². The number of rotatable bonds is 10. The second kappa shape index (κ2) is 14.1. The summed E-state index contributed by atoms with van der Waals surface area (Å²) in [7, 11) is 2.11. The molecule has 0 saturated carbocycles. The maximum Gasteiger partial charge on any atom is 0.319 e. The van der Waals surface area contributed by atoms with E-state index in [0.717, 1.165) is 41.8 Å². The van der Waals surface area contributed by atoms with Crippen molar-refractivity contribution in [1.29, 1.82) is 0 Å². The molecule has 2 amide bonds. The predicted molar refractivity (Wildman–Crippen MR) is 160 cm³/mol. The molecule has 4 aromatic carbocycles. The maximum absolute atomic E-state index is 12.4. The zero-order chi connectivity index (χ0) is 28.4. The Morgan fingerprint density at radius 2 is 1.44 bits per heavy atom. The molecule has 0 aliphatic carbocycles. The zero-order valence-corrected chi connectivity index (χ0v) is 23.3. The number of anilines is 1. The second-order valence-corrected chi connectivity index (χ2v) is 10.4. The molecule has 5 rings (SSSR count). The number of urea groups is 1. The number of ether oxygens (including phenoxy) is 2. The number of nitrogens with zero attached hydrogens (tertiary/aromatic N) is 1. The van der Waals surface area contributed by atoms with Crippen molar-refractivity contribution in [1.82, 2.24) is 10.2 Å². The van der Waals surface area contributed by atoms with Gasteiger partial charge in [0.2, 0.25) is 0 Å². The van der Waals surface area contributed by atoms with Gasteiger partial charge in [-0.25, -0.2) is 4.79 Å². The molecule has 1 fully saturated rings. The Morgan fingerprint density at radius 1 is 0.805 bits per heavy atom. The third-order valence-electron chi connectivity index (χ3n) is 7.16. The summed E-state index contributed by atoms with van der Waals surface area (Å²) in [6, 6.07) is 35.4. The van der Waals surface area contributed by atoms with Crippen LogP contribution in [0.4, 0.5) is 10.5 Å². The molecule has 0 unspecified atom stereocenters. The lowest BCUT2D eigenvalue weighted by Crippen LogP contribution is -2.37. The number of aliphatic hydroxyl groups is 1. The van der Waals surface area contributed by atoms with Crippen LogP contribution in [-0.4, -0.2) is 35.7 Å². The molecule has 1 saturated heterocycles. The van der Waals surface area contributed by atoms with E-state index in [2.05, 4.69) is 46.8 Å². The highest BCUT2D eigenvalue weighted by atomic mass is 16.7. The van der Waals surface area contributed by atoms with E-state index in [-0.39, 0.29) is 24.8 Å². The minimum atomic E-state index is -0.553. The third-order valence-corrected chi connectivity index (χ3v) is 7.16. The SMILES string of the molecule is CN(Cc1ccccc1)C[C@H]1C[C@@H](c2ccc(CO)cc2)O[C@@H](c2ccc(NC(=O)NCc3ccccc3)cc2)O1. The molecule has 1 heterocycles. The fourth-order valence-corrected chi connectivity index (χ4v) is 5.02. The first kappa shape index (κ1) is 28.5. The molecule has 212 valence electrons. The van der Waals surface area contributed by atoms with Gasteiger partial charge in [0.25, 0.3) is 0 Å². The van der Waals surface area contributed by atoms with Gasteiger partial charge in [-0.05, 0) is 41.4 Å². The lowest BCUT2D eigenvalue weighted by molar-refractivity contribution is -0.252. The van der Waals surface area contributed by atoms with Gasteiger partial charge in [0, 0.05) is 37.3 Å². The molecule has 0 radical (unpaired) electrons. The summed E-state index contributed by atoms with van der Waals surface area (Å²) in [5.74, 6) is 0. The van der Waals surface area contributed by atoms with E-state index in [1.807, 2.05) is 84.9 Å². The molecule has 1 aliphatic rings. The molecule has 3 atom stereocenters. The van der Waals surface area contributed by atoms with Crippen LogP contribution < -0.4 is 10.6 Å². The van der Waals surface area contributed by atoms with Crippen LogP contribution in [0.2, 0.25) is 0 Å². The fraction of sp³-hybridized carbons (Fsp3) is 0.265. The average molecular weight is 552 g/mol. The highest BCUT2D eigenvalue weighted by Crippen LogP contribution is 2.38. The van der Waals surface area contributed by atoms with Gasteiger partial charge in [0.1, 0.15) is 0 Å². The number of likely N-dealkylation sites (N-methyl/N-ethyl adjacent to an activating group) is 1. The molecule has 0 bridgehead atoms. The van der Waals surface area contributed by atoms with Crippen molar-refractivity contribution in [3.8, 4) is 0 Å². The van der Waals surface area contributed by atoms with Gasteiger partial charge < -0.3 is 25.2 Å². The summed E-state index contributed by atoms with van der Waals surface area (Å²) in [4.78, 5) is 14.7. The summed E-state index contributed by atoms with van der Waals surface area (Å²) in [5, 5.41) is 15.2. The summed E-state index contributed by atoms with van der Waals surface area (Å²) >= 11 is 0. The average Bonchev–Trinajstić information content (AvgIpc) is 3.01. The van der Waals surface area contributed by atoms with Crippen molar-refractivity contribution in [2.24, 2.45) is 0 Å². The highest BCUT2D eigenvalue weighted by Gasteiger charge is 2.32. The van der Waals surface area contributed by atoms with Crippen molar-refractivity contribution in [2.75, 3.05) is 18.9 Å². The van der Waals surface area contributed by atoms with Crippen molar-refractivity contribution in [2.45, 2.75) is 44.6 Å².